The zero-order valence-corrected chi connectivity index (χ0v) is 12.7. The summed E-state index contributed by atoms with van der Waals surface area (Å²) >= 11 is 6.11. The van der Waals surface area contributed by atoms with Crippen molar-refractivity contribution in [3.63, 3.8) is 0 Å². The molecule has 1 aliphatic rings. The summed E-state index contributed by atoms with van der Waals surface area (Å²) in [6, 6.07) is 7.59. The van der Waals surface area contributed by atoms with Gasteiger partial charge in [0, 0.05) is 31.1 Å². The van der Waals surface area contributed by atoms with Crippen LogP contribution < -0.4 is 0 Å². The van der Waals surface area contributed by atoms with Crippen LogP contribution in [0.2, 0.25) is 5.02 Å². The van der Waals surface area contributed by atoms with Crippen molar-refractivity contribution < 1.29 is 14.3 Å². The molecule has 2 rings (SSSR count). The number of likely N-dealkylation sites (tertiary alicyclic amines) is 1. The number of piperidine rings is 1. The number of methoxy groups -OCH3 is 1. The van der Waals surface area contributed by atoms with Crippen LogP contribution in [-0.2, 0) is 20.9 Å². The lowest BCUT2D eigenvalue weighted by molar-refractivity contribution is -0.152. The average Bonchev–Trinajstić information content (AvgIpc) is 2.42. The Labute approximate surface area is 129 Å². The van der Waals surface area contributed by atoms with Gasteiger partial charge in [0.1, 0.15) is 11.7 Å². The topological polar surface area (TPSA) is 46.6 Å². The summed E-state index contributed by atoms with van der Waals surface area (Å²) in [4.78, 5) is 25.3. The summed E-state index contributed by atoms with van der Waals surface area (Å²) in [6.07, 6.45) is 0.379. The Balaban J connectivity index is 0.00000200. The third-order valence-corrected chi connectivity index (χ3v) is 3.71. The molecule has 0 saturated carbocycles. The zero-order chi connectivity index (χ0) is 13.8. The highest BCUT2D eigenvalue weighted by molar-refractivity contribution is 6.31. The molecule has 1 atom stereocenters. The summed E-state index contributed by atoms with van der Waals surface area (Å²) < 4.78 is 4.67. The van der Waals surface area contributed by atoms with Gasteiger partial charge in [-0.2, -0.15) is 0 Å². The number of Topliss-reactive ketones (excluding diaryl/α,β-unsaturated/α-hetero) is 1. The number of benzene rings is 1. The number of halogens is 2. The second-order valence-electron chi connectivity index (χ2n) is 4.62. The first-order chi connectivity index (χ1) is 9.11. The van der Waals surface area contributed by atoms with Gasteiger partial charge < -0.3 is 4.74 Å². The lowest BCUT2D eigenvalue weighted by Crippen LogP contribution is -2.44. The van der Waals surface area contributed by atoms with Crippen molar-refractivity contribution in [1.29, 1.82) is 0 Å². The monoisotopic (exact) mass is 317 g/mol. The molecule has 0 bridgehead atoms. The van der Waals surface area contributed by atoms with E-state index in [1.54, 1.807) is 0 Å². The predicted octanol–water partition coefficient (Wildman–Crippen LogP) is 2.33. The molecule has 0 radical (unpaired) electrons. The Morgan fingerprint density at radius 1 is 1.45 bits per heavy atom. The van der Waals surface area contributed by atoms with E-state index in [0.29, 0.717) is 31.1 Å². The van der Waals surface area contributed by atoms with Gasteiger partial charge in [-0.25, -0.2) is 0 Å². The number of ketones is 1. The van der Waals surface area contributed by atoms with Gasteiger partial charge in [0.25, 0.3) is 0 Å². The highest BCUT2D eigenvalue weighted by Gasteiger charge is 2.33. The first kappa shape index (κ1) is 17.0. The molecule has 1 unspecified atom stereocenters. The molecule has 110 valence electrons. The first-order valence-electron chi connectivity index (χ1n) is 6.18. The van der Waals surface area contributed by atoms with Crippen LogP contribution in [0.5, 0.6) is 0 Å². The van der Waals surface area contributed by atoms with E-state index >= 15 is 0 Å². The van der Waals surface area contributed by atoms with Crippen molar-refractivity contribution in [2.75, 3.05) is 20.2 Å². The van der Waals surface area contributed by atoms with Gasteiger partial charge in [0.2, 0.25) is 0 Å². The molecule has 1 aliphatic heterocycles. The third kappa shape index (κ3) is 3.95. The molecule has 0 aliphatic carbocycles. The molecule has 1 saturated heterocycles. The molecular weight excluding hydrogens is 301 g/mol. The Hall–Kier alpha value is -1.10. The van der Waals surface area contributed by atoms with E-state index in [4.69, 9.17) is 11.6 Å². The second kappa shape index (κ2) is 7.62. The van der Waals surface area contributed by atoms with Gasteiger partial charge >= 0.3 is 5.97 Å². The SMILES string of the molecule is COC(=O)C1CN(Cc2ccccc2Cl)CCC1=O.Cl. The number of rotatable bonds is 3. The van der Waals surface area contributed by atoms with E-state index in [2.05, 4.69) is 9.64 Å². The number of hydrogen-bond acceptors (Lipinski definition) is 4. The number of carbonyl (C=O) groups excluding carboxylic acids is 2. The van der Waals surface area contributed by atoms with Crippen molar-refractivity contribution in [2.45, 2.75) is 13.0 Å². The fraction of sp³-hybridized carbons (Fsp3) is 0.429. The minimum absolute atomic E-state index is 0. The van der Waals surface area contributed by atoms with E-state index in [9.17, 15) is 9.59 Å². The number of esters is 1. The quantitative estimate of drug-likeness (QED) is 0.634. The van der Waals surface area contributed by atoms with Crippen LogP contribution in [0, 0.1) is 5.92 Å². The molecule has 4 nitrogen and oxygen atoms in total. The fourth-order valence-electron chi connectivity index (χ4n) is 2.25. The maximum absolute atomic E-state index is 11.7. The van der Waals surface area contributed by atoms with Crippen LogP contribution in [0.3, 0.4) is 0 Å². The van der Waals surface area contributed by atoms with E-state index in [0.717, 1.165) is 5.56 Å². The van der Waals surface area contributed by atoms with Crippen LogP contribution in [0.4, 0.5) is 0 Å². The molecule has 0 spiro atoms. The second-order valence-corrected chi connectivity index (χ2v) is 5.03. The minimum atomic E-state index is -0.666. The predicted molar refractivity (Wildman–Crippen MR) is 79.1 cm³/mol. The number of ether oxygens (including phenoxy) is 1. The number of nitrogens with zero attached hydrogens (tertiary/aromatic N) is 1. The summed E-state index contributed by atoms with van der Waals surface area (Å²) in [7, 11) is 1.31. The summed E-state index contributed by atoms with van der Waals surface area (Å²) in [6.45, 7) is 1.69. The largest absolute Gasteiger partial charge is 0.468 e. The summed E-state index contributed by atoms with van der Waals surface area (Å²) in [5.41, 5.74) is 1.00. The number of carbonyl (C=O) groups is 2. The van der Waals surface area contributed by atoms with Crippen molar-refractivity contribution in [2.24, 2.45) is 5.92 Å². The Kier molecular flexibility index (Phi) is 6.46. The normalized spacial score (nSPS) is 19.3. The van der Waals surface area contributed by atoms with Crippen molar-refractivity contribution in [1.82, 2.24) is 4.90 Å². The third-order valence-electron chi connectivity index (χ3n) is 3.34. The molecule has 6 heteroatoms. The van der Waals surface area contributed by atoms with Gasteiger partial charge in [0.05, 0.1) is 7.11 Å². The maximum atomic E-state index is 11.7. The standard InChI is InChI=1S/C14H16ClNO3.ClH/c1-19-14(18)11-9-16(7-6-13(11)17)8-10-4-2-3-5-12(10)15;/h2-5,11H,6-9H2,1H3;1H. The fourth-order valence-corrected chi connectivity index (χ4v) is 2.45. The van der Waals surface area contributed by atoms with E-state index in [-0.39, 0.29) is 18.2 Å². The molecule has 0 amide bonds. The Morgan fingerprint density at radius 2 is 2.15 bits per heavy atom. The highest BCUT2D eigenvalue weighted by atomic mass is 35.5. The molecule has 0 aromatic heterocycles. The van der Waals surface area contributed by atoms with Crippen LogP contribution in [0.25, 0.3) is 0 Å². The molecule has 1 aromatic carbocycles. The molecule has 1 fully saturated rings. The lowest BCUT2D eigenvalue weighted by atomic mass is 9.96. The van der Waals surface area contributed by atoms with Crippen LogP contribution >= 0.6 is 24.0 Å². The smallest absolute Gasteiger partial charge is 0.317 e. The molecular formula is C14H17Cl2NO3. The van der Waals surface area contributed by atoms with Crippen LogP contribution in [0.15, 0.2) is 24.3 Å². The zero-order valence-electron chi connectivity index (χ0n) is 11.2. The number of hydrogen-bond donors (Lipinski definition) is 0. The van der Waals surface area contributed by atoms with Gasteiger partial charge in [-0.05, 0) is 11.6 Å². The van der Waals surface area contributed by atoms with Crippen molar-refractivity contribution in [3.8, 4) is 0 Å². The van der Waals surface area contributed by atoms with E-state index < -0.39 is 11.9 Å². The molecule has 1 aromatic rings. The summed E-state index contributed by atoms with van der Waals surface area (Å²) in [5, 5.41) is 0.703. The van der Waals surface area contributed by atoms with Crippen molar-refractivity contribution >= 4 is 35.8 Å². The van der Waals surface area contributed by atoms with Crippen LogP contribution in [-0.4, -0.2) is 36.9 Å². The van der Waals surface area contributed by atoms with Crippen molar-refractivity contribution in [3.05, 3.63) is 34.9 Å². The van der Waals surface area contributed by atoms with Gasteiger partial charge in [-0.3, -0.25) is 14.5 Å². The Morgan fingerprint density at radius 3 is 2.80 bits per heavy atom. The van der Waals surface area contributed by atoms with Gasteiger partial charge in [0.15, 0.2) is 0 Å². The Bertz CT molecular complexity index is 485. The first-order valence-corrected chi connectivity index (χ1v) is 6.56. The molecule has 1 heterocycles. The molecule has 0 N–H and O–H groups in total. The highest BCUT2D eigenvalue weighted by Crippen LogP contribution is 2.21. The van der Waals surface area contributed by atoms with E-state index in [1.165, 1.54) is 7.11 Å². The minimum Gasteiger partial charge on any atom is -0.468 e. The van der Waals surface area contributed by atoms with Gasteiger partial charge in [-0.15, -0.1) is 12.4 Å². The summed E-state index contributed by atoms with van der Waals surface area (Å²) in [5.74, 6) is -1.16. The van der Waals surface area contributed by atoms with E-state index in [1.807, 2.05) is 24.3 Å². The lowest BCUT2D eigenvalue weighted by Gasteiger charge is -2.30. The molecule has 20 heavy (non-hydrogen) atoms. The van der Waals surface area contributed by atoms with Gasteiger partial charge in [-0.1, -0.05) is 29.8 Å². The average molecular weight is 318 g/mol. The van der Waals surface area contributed by atoms with Crippen LogP contribution in [0.1, 0.15) is 12.0 Å². The maximum Gasteiger partial charge on any atom is 0.317 e.